The number of benzene rings is 3. The van der Waals surface area contributed by atoms with Crippen LogP contribution in [-0.4, -0.2) is 53.9 Å². The molecule has 0 bridgehead atoms. The van der Waals surface area contributed by atoms with E-state index in [-0.39, 0.29) is 5.91 Å². The number of methoxy groups -OCH3 is 1. The fraction of sp³-hybridized carbons (Fsp3) is 0.185. The molecule has 0 N–H and O–H groups in total. The van der Waals surface area contributed by atoms with Crippen LogP contribution in [0.3, 0.4) is 0 Å². The molecule has 8 heteroatoms. The van der Waals surface area contributed by atoms with E-state index in [4.69, 9.17) is 33.0 Å². The lowest BCUT2D eigenvalue weighted by Gasteiger charge is -2.36. The zero-order valence-corrected chi connectivity index (χ0v) is 20.7. The Morgan fingerprint density at radius 3 is 2.20 bits per heavy atom. The molecule has 0 saturated carbocycles. The number of hydrogen-bond acceptors (Lipinski definition) is 4. The van der Waals surface area contributed by atoms with Crippen molar-refractivity contribution in [1.82, 2.24) is 14.7 Å². The van der Waals surface area contributed by atoms with E-state index in [0.29, 0.717) is 34.5 Å². The molecular weight excluding hydrogens is 483 g/mol. The van der Waals surface area contributed by atoms with Crippen LogP contribution in [0.1, 0.15) is 10.5 Å². The highest BCUT2D eigenvalue weighted by Gasteiger charge is 2.26. The van der Waals surface area contributed by atoms with E-state index in [1.165, 1.54) is 0 Å². The van der Waals surface area contributed by atoms with Crippen LogP contribution >= 0.6 is 23.2 Å². The highest BCUT2D eigenvalue weighted by Crippen LogP contribution is 2.26. The molecular formula is C27H24Cl2N4O2. The fourth-order valence-corrected chi connectivity index (χ4v) is 4.53. The van der Waals surface area contributed by atoms with Crippen molar-refractivity contribution >= 4 is 34.8 Å². The van der Waals surface area contributed by atoms with Gasteiger partial charge in [-0.25, -0.2) is 4.68 Å². The van der Waals surface area contributed by atoms with Crippen LogP contribution in [0.25, 0.3) is 16.9 Å². The molecule has 0 aliphatic carbocycles. The number of nitrogens with zero attached hydrogens (tertiary/aromatic N) is 4. The normalized spacial score (nSPS) is 13.7. The minimum Gasteiger partial charge on any atom is -0.497 e. The summed E-state index contributed by atoms with van der Waals surface area (Å²) >= 11 is 12.3. The van der Waals surface area contributed by atoms with Gasteiger partial charge in [0.25, 0.3) is 5.91 Å². The number of rotatable bonds is 5. The minimum atomic E-state index is -0.0574. The maximum absolute atomic E-state index is 13.7. The number of anilines is 1. The number of halogens is 2. The Labute approximate surface area is 214 Å². The van der Waals surface area contributed by atoms with Crippen LogP contribution in [0.15, 0.2) is 78.9 Å². The zero-order valence-electron chi connectivity index (χ0n) is 19.2. The van der Waals surface area contributed by atoms with Crippen LogP contribution in [-0.2, 0) is 0 Å². The first-order valence-electron chi connectivity index (χ1n) is 11.3. The molecule has 1 amide bonds. The summed E-state index contributed by atoms with van der Waals surface area (Å²) in [6, 6.07) is 24.6. The number of aromatic nitrogens is 2. The van der Waals surface area contributed by atoms with Crippen molar-refractivity contribution < 1.29 is 9.53 Å². The second-order valence-electron chi connectivity index (χ2n) is 8.29. The van der Waals surface area contributed by atoms with E-state index in [2.05, 4.69) is 4.90 Å². The predicted molar refractivity (Wildman–Crippen MR) is 140 cm³/mol. The predicted octanol–water partition coefficient (Wildman–Crippen LogP) is 5.82. The molecule has 178 valence electrons. The van der Waals surface area contributed by atoms with Gasteiger partial charge in [-0.15, -0.1) is 0 Å². The van der Waals surface area contributed by atoms with Gasteiger partial charge in [0.1, 0.15) is 11.4 Å². The maximum atomic E-state index is 13.7. The summed E-state index contributed by atoms with van der Waals surface area (Å²) in [6.07, 6.45) is 0. The molecule has 0 atom stereocenters. The smallest absolute Gasteiger partial charge is 0.272 e. The molecule has 6 nitrogen and oxygen atoms in total. The summed E-state index contributed by atoms with van der Waals surface area (Å²) in [6.45, 7) is 2.67. The second-order valence-corrected chi connectivity index (χ2v) is 9.16. The highest BCUT2D eigenvalue weighted by atomic mass is 35.5. The van der Waals surface area contributed by atoms with E-state index in [1.807, 2.05) is 71.6 Å². The van der Waals surface area contributed by atoms with Gasteiger partial charge in [0.15, 0.2) is 0 Å². The lowest BCUT2D eigenvalue weighted by Crippen LogP contribution is -2.49. The molecule has 0 radical (unpaired) electrons. The summed E-state index contributed by atoms with van der Waals surface area (Å²) in [5, 5.41) is 6.12. The quantitative estimate of drug-likeness (QED) is 0.342. The first kappa shape index (κ1) is 23.3. The highest BCUT2D eigenvalue weighted by molar-refractivity contribution is 6.31. The Bertz CT molecular complexity index is 1330. The third-order valence-corrected chi connectivity index (χ3v) is 6.61. The number of carbonyl (C=O) groups excluding carboxylic acids is 1. The van der Waals surface area contributed by atoms with Crippen LogP contribution < -0.4 is 9.64 Å². The summed E-state index contributed by atoms with van der Waals surface area (Å²) < 4.78 is 6.96. The van der Waals surface area contributed by atoms with Crippen molar-refractivity contribution in [2.24, 2.45) is 0 Å². The monoisotopic (exact) mass is 506 g/mol. The molecule has 0 spiro atoms. The van der Waals surface area contributed by atoms with E-state index >= 15 is 0 Å². The first-order chi connectivity index (χ1) is 17.0. The average molecular weight is 507 g/mol. The van der Waals surface area contributed by atoms with Gasteiger partial charge in [-0.1, -0.05) is 29.3 Å². The van der Waals surface area contributed by atoms with Gasteiger partial charge in [0.2, 0.25) is 0 Å². The number of amides is 1. The van der Waals surface area contributed by atoms with Gasteiger partial charge in [-0.05, 0) is 72.8 Å². The average Bonchev–Trinajstić information content (AvgIpc) is 3.34. The SMILES string of the molecule is COc1ccc(-c2cc(C(=O)N3CCN(c4cccc(Cl)c4)CC3)n(-c3ccc(Cl)cc3)n2)cc1. The summed E-state index contributed by atoms with van der Waals surface area (Å²) in [7, 11) is 1.63. The Morgan fingerprint density at radius 1 is 0.829 bits per heavy atom. The Hall–Kier alpha value is -3.48. The van der Waals surface area contributed by atoms with E-state index in [0.717, 1.165) is 35.8 Å². The number of carbonyl (C=O) groups is 1. The molecule has 1 fully saturated rings. The van der Waals surface area contributed by atoms with Crippen LogP contribution in [0.2, 0.25) is 10.0 Å². The summed E-state index contributed by atoms with van der Waals surface area (Å²) in [5.74, 6) is 0.706. The largest absolute Gasteiger partial charge is 0.497 e. The number of hydrogen-bond donors (Lipinski definition) is 0. The zero-order chi connectivity index (χ0) is 24.4. The van der Waals surface area contributed by atoms with Crippen molar-refractivity contribution in [2.75, 3.05) is 38.2 Å². The van der Waals surface area contributed by atoms with Gasteiger partial charge < -0.3 is 14.5 Å². The summed E-state index contributed by atoms with van der Waals surface area (Å²) in [5.41, 5.74) is 3.96. The lowest BCUT2D eigenvalue weighted by molar-refractivity contribution is 0.0737. The van der Waals surface area contributed by atoms with Crippen LogP contribution in [0.4, 0.5) is 5.69 Å². The molecule has 3 aromatic carbocycles. The van der Waals surface area contributed by atoms with E-state index in [9.17, 15) is 4.79 Å². The maximum Gasteiger partial charge on any atom is 0.272 e. The third-order valence-electron chi connectivity index (χ3n) is 6.13. The van der Waals surface area contributed by atoms with Gasteiger partial charge in [0.05, 0.1) is 18.5 Å². The molecule has 0 unspecified atom stereocenters. The number of ether oxygens (including phenoxy) is 1. The Morgan fingerprint density at radius 2 is 1.54 bits per heavy atom. The molecule has 35 heavy (non-hydrogen) atoms. The van der Waals surface area contributed by atoms with Crippen molar-refractivity contribution in [1.29, 1.82) is 0 Å². The van der Waals surface area contributed by atoms with Crippen molar-refractivity contribution in [3.63, 3.8) is 0 Å². The van der Waals surface area contributed by atoms with Gasteiger partial charge in [0, 0.05) is 47.5 Å². The van der Waals surface area contributed by atoms with Gasteiger partial charge >= 0.3 is 0 Å². The van der Waals surface area contributed by atoms with E-state index < -0.39 is 0 Å². The fourth-order valence-electron chi connectivity index (χ4n) is 4.22. The Balaban J connectivity index is 1.42. The van der Waals surface area contributed by atoms with Crippen LogP contribution in [0, 0.1) is 0 Å². The van der Waals surface area contributed by atoms with Crippen molar-refractivity contribution in [3.05, 3.63) is 94.6 Å². The molecule has 1 saturated heterocycles. The second kappa shape index (κ2) is 10.0. The molecule has 1 aliphatic rings. The topological polar surface area (TPSA) is 50.6 Å². The molecule has 4 aromatic rings. The standard InChI is InChI=1S/C27H24Cl2N4O2/c1-35-24-11-5-19(6-12-24)25-18-26(33(30-25)22-9-7-20(28)8-10-22)27(34)32-15-13-31(14-16-32)23-4-2-3-21(29)17-23/h2-12,17-18H,13-16H2,1H3. The minimum absolute atomic E-state index is 0.0574. The molecule has 1 aromatic heterocycles. The van der Waals surface area contributed by atoms with Gasteiger partial charge in [-0.2, -0.15) is 5.10 Å². The lowest BCUT2D eigenvalue weighted by atomic mass is 10.1. The summed E-state index contributed by atoms with van der Waals surface area (Å²) in [4.78, 5) is 17.8. The van der Waals surface area contributed by atoms with Crippen molar-refractivity contribution in [2.45, 2.75) is 0 Å². The molecule has 5 rings (SSSR count). The number of piperazine rings is 1. The molecule has 2 heterocycles. The first-order valence-corrected chi connectivity index (χ1v) is 12.1. The van der Waals surface area contributed by atoms with E-state index in [1.54, 1.807) is 23.9 Å². The third kappa shape index (κ3) is 4.99. The Kier molecular flexibility index (Phi) is 6.66. The van der Waals surface area contributed by atoms with Crippen LogP contribution in [0.5, 0.6) is 5.75 Å². The van der Waals surface area contributed by atoms with Gasteiger partial charge in [-0.3, -0.25) is 4.79 Å². The molecule has 1 aliphatic heterocycles. The van der Waals surface area contributed by atoms with Crippen molar-refractivity contribution in [3.8, 4) is 22.7 Å².